The van der Waals surface area contributed by atoms with Crippen molar-refractivity contribution in [2.45, 2.75) is 46.1 Å². The minimum Gasteiger partial charge on any atom is -0.481 e. The molecule has 118 valence electrons. The van der Waals surface area contributed by atoms with Crippen molar-refractivity contribution in [1.82, 2.24) is 10.3 Å². The van der Waals surface area contributed by atoms with E-state index in [1.54, 1.807) is 13.8 Å². The summed E-state index contributed by atoms with van der Waals surface area (Å²) in [5, 5.41) is 9.83. The standard InChI is InChI=1S/C16H21N3O3/c1-10-14(19-22-18-10)17-15(20)11(2)21-13-8-6-12(7-9-13)16(3,4)5/h6-9,11H,1-5H3,(H,17,19,20)/t11-/m0/s1. The summed E-state index contributed by atoms with van der Waals surface area (Å²) >= 11 is 0. The van der Waals surface area contributed by atoms with Gasteiger partial charge in [0.05, 0.1) is 0 Å². The number of carbonyl (C=O) groups excluding carboxylic acids is 1. The average molecular weight is 303 g/mol. The zero-order chi connectivity index (χ0) is 16.3. The number of aryl methyl sites for hydroxylation is 1. The Hall–Kier alpha value is -2.37. The molecule has 2 aromatic rings. The van der Waals surface area contributed by atoms with E-state index in [4.69, 9.17) is 4.74 Å². The van der Waals surface area contributed by atoms with Crippen molar-refractivity contribution >= 4 is 11.7 Å². The molecule has 0 unspecified atom stereocenters. The number of nitrogens with zero attached hydrogens (tertiary/aromatic N) is 2. The summed E-state index contributed by atoms with van der Waals surface area (Å²) in [6, 6.07) is 7.75. The molecule has 1 atom stereocenters. The van der Waals surface area contributed by atoms with Gasteiger partial charge in [-0.25, -0.2) is 4.63 Å². The third-order valence-electron chi connectivity index (χ3n) is 3.30. The van der Waals surface area contributed by atoms with Crippen molar-refractivity contribution in [2.24, 2.45) is 0 Å². The lowest BCUT2D eigenvalue weighted by molar-refractivity contribution is -0.122. The highest BCUT2D eigenvalue weighted by Gasteiger charge is 2.18. The second kappa shape index (κ2) is 6.17. The molecular weight excluding hydrogens is 282 g/mol. The summed E-state index contributed by atoms with van der Waals surface area (Å²) in [5.41, 5.74) is 1.82. The Morgan fingerprint density at radius 2 is 1.86 bits per heavy atom. The number of hydrogen-bond acceptors (Lipinski definition) is 5. The van der Waals surface area contributed by atoms with Gasteiger partial charge in [0.2, 0.25) is 0 Å². The largest absolute Gasteiger partial charge is 0.481 e. The Kier molecular flexibility index (Phi) is 4.49. The highest BCUT2D eigenvalue weighted by molar-refractivity contribution is 5.93. The molecule has 1 aromatic heterocycles. The first-order chi connectivity index (χ1) is 10.3. The van der Waals surface area contributed by atoms with Crippen molar-refractivity contribution in [1.29, 1.82) is 0 Å². The van der Waals surface area contributed by atoms with Crippen molar-refractivity contribution in [2.75, 3.05) is 5.32 Å². The molecular formula is C16H21N3O3. The molecule has 0 aliphatic heterocycles. The number of aromatic nitrogens is 2. The molecule has 2 rings (SSSR count). The minimum atomic E-state index is -0.656. The van der Waals surface area contributed by atoms with Gasteiger partial charge in [0, 0.05) is 0 Å². The first-order valence-corrected chi connectivity index (χ1v) is 7.14. The fourth-order valence-electron chi connectivity index (χ4n) is 1.85. The van der Waals surface area contributed by atoms with Crippen LogP contribution in [0.3, 0.4) is 0 Å². The highest BCUT2D eigenvalue weighted by atomic mass is 16.6. The summed E-state index contributed by atoms with van der Waals surface area (Å²) in [7, 11) is 0. The van der Waals surface area contributed by atoms with E-state index in [1.807, 2.05) is 24.3 Å². The van der Waals surface area contributed by atoms with E-state index in [0.29, 0.717) is 17.3 Å². The number of rotatable bonds is 4. The van der Waals surface area contributed by atoms with E-state index in [0.717, 1.165) is 0 Å². The Bertz CT molecular complexity index is 641. The van der Waals surface area contributed by atoms with E-state index in [9.17, 15) is 4.79 Å². The maximum absolute atomic E-state index is 12.0. The van der Waals surface area contributed by atoms with Gasteiger partial charge in [-0.05, 0) is 42.1 Å². The number of nitrogens with one attached hydrogen (secondary N) is 1. The van der Waals surface area contributed by atoms with Crippen LogP contribution in [0.25, 0.3) is 0 Å². The summed E-state index contributed by atoms with van der Waals surface area (Å²) < 4.78 is 10.2. The number of benzene rings is 1. The SMILES string of the molecule is Cc1nonc1NC(=O)[C@H](C)Oc1ccc(C(C)(C)C)cc1. The predicted molar refractivity (Wildman–Crippen MR) is 82.9 cm³/mol. The van der Waals surface area contributed by atoms with Crippen LogP contribution in [0, 0.1) is 6.92 Å². The molecule has 0 saturated heterocycles. The fraction of sp³-hybridized carbons (Fsp3) is 0.438. The number of ether oxygens (including phenoxy) is 1. The van der Waals surface area contributed by atoms with Crippen LogP contribution in [-0.4, -0.2) is 22.3 Å². The quantitative estimate of drug-likeness (QED) is 0.939. The molecule has 0 fully saturated rings. The molecule has 0 aliphatic carbocycles. The average Bonchev–Trinajstić information content (AvgIpc) is 2.84. The van der Waals surface area contributed by atoms with Gasteiger partial charge in [0.1, 0.15) is 11.4 Å². The summed E-state index contributed by atoms with van der Waals surface area (Å²) in [6.45, 7) is 9.81. The third kappa shape index (κ3) is 3.84. The van der Waals surface area contributed by atoms with E-state index in [-0.39, 0.29) is 11.3 Å². The molecule has 0 aliphatic rings. The van der Waals surface area contributed by atoms with E-state index < -0.39 is 6.10 Å². The minimum absolute atomic E-state index is 0.0823. The lowest BCUT2D eigenvalue weighted by Crippen LogP contribution is -2.30. The van der Waals surface area contributed by atoms with Crippen molar-refractivity contribution in [3.63, 3.8) is 0 Å². The van der Waals surface area contributed by atoms with Crippen LogP contribution >= 0.6 is 0 Å². The van der Waals surface area contributed by atoms with Crippen molar-refractivity contribution in [3.8, 4) is 5.75 Å². The van der Waals surface area contributed by atoms with E-state index in [2.05, 4.69) is 41.0 Å². The first kappa shape index (κ1) is 16.0. The van der Waals surface area contributed by atoms with Crippen LogP contribution in [0.15, 0.2) is 28.9 Å². The van der Waals surface area contributed by atoms with Gasteiger partial charge in [-0.3, -0.25) is 4.79 Å². The monoisotopic (exact) mass is 303 g/mol. The van der Waals surface area contributed by atoms with Gasteiger partial charge in [-0.2, -0.15) is 0 Å². The Balaban J connectivity index is 1.98. The maximum Gasteiger partial charge on any atom is 0.266 e. The number of carbonyl (C=O) groups is 1. The topological polar surface area (TPSA) is 77.3 Å². The van der Waals surface area contributed by atoms with Crippen molar-refractivity contribution in [3.05, 3.63) is 35.5 Å². The molecule has 1 amide bonds. The first-order valence-electron chi connectivity index (χ1n) is 7.14. The second-order valence-corrected chi connectivity index (χ2v) is 6.22. The number of hydrogen-bond donors (Lipinski definition) is 1. The highest BCUT2D eigenvalue weighted by Crippen LogP contribution is 2.24. The maximum atomic E-state index is 12.0. The molecule has 0 spiro atoms. The van der Waals surface area contributed by atoms with Crippen LogP contribution < -0.4 is 10.1 Å². The molecule has 1 aromatic carbocycles. The molecule has 22 heavy (non-hydrogen) atoms. The van der Waals surface area contributed by atoms with Gasteiger partial charge < -0.3 is 10.1 Å². The number of amides is 1. The van der Waals surface area contributed by atoms with E-state index in [1.165, 1.54) is 5.56 Å². The molecule has 1 heterocycles. The second-order valence-electron chi connectivity index (χ2n) is 6.22. The van der Waals surface area contributed by atoms with Gasteiger partial charge >= 0.3 is 0 Å². The van der Waals surface area contributed by atoms with Gasteiger partial charge in [0.15, 0.2) is 11.9 Å². The molecule has 1 N–H and O–H groups in total. The van der Waals surface area contributed by atoms with Crippen LogP contribution in [0.5, 0.6) is 5.75 Å². The summed E-state index contributed by atoms with van der Waals surface area (Å²) in [6.07, 6.45) is -0.656. The Labute approximate surface area is 129 Å². The predicted octanol–water partition coefficient (Wildman–Crippen LogP) is 3.08. The molecule has 0 saturated carbocycles. The van der Waals surface area contributed by atoms with Crippen LogP contribution in [0.1, 0.15) is 39.0 Å². The smallest absolute Gasteiger partial charge is 0.266 e. The fourth-order valence-corrected chi connectivity index (χ4v) is 1.85. The zero-order valence-electron chi connectivity index (χ0n) is 13.5. The van der Waals surface area contributed by atoms with Gasteiger partial charge in [-0.1, -0.05) is 38.1 Å². The summed E-state index contributed by atoms with van der Waals surface area (Å²) in [5.74, 6) is 0.646. The molecule has 6 heteroatoms. The van der Waals surface area contributed by atoms with Crippen LogP contribution in [0.4, 0.5) is 5.82 Å². The Morgan fingerprint density at radius 1 is 1.23 bits per heavy atom. The number of anilines is 1. The molecule has 0 bridgehead atoms. The zero-order valence-corrected chi connectivity index (χ0v) is 13.5. The van der Waals surface area contributed by atoms with Gasteiger partial charge in [-0.15, -0.1) is 0 Å². The Morgan fingerprint density at radius 3 is 2.36 bits per heavy atom. The van der Waals surface area contributed by atoms with E-state index >= 15 is 0 Å². The van der Waals surface area contributed by atoms with Crippen LogP contribution in [0.2, 0.25) is 0 Å². The lowest BCUT2D eigenvalue weighted by atomic mass is 9.87. The normalized spacial score (nSPS) is 12.8. The lowest BCUT2D eigenvalue weighted by Gasteiger charge is -2.20. The summed E-state index contributed by atoms with van der Waals surface area (Å²) in [4.78, 5) is 12.0. The molecule has 0 radical (unpaired) electrons. The van der Waals surface area contributed by atoms with Gasteiger partial charge in [0.25, 0.3) is 5.91 Å². The molecule has 6 nitrogen and oxygen atoms in total. The van der Waals surface area contributed by atoms with Crippen LogP contribution in [-0.2, 0) is 10.2 Å². The van der Waals surface area contributed by atoms with Crippen molar-refractivity contribution < 1.29 is 14.2 Å². The third-order valence-corrected chi connectivity index (χ3v) is 3.30.